The molecule has 0 spiro atoms. The summed E-state index contributed by atoms with van der Waals surface area (Å²) < 4.78 is 5.49. The van der Waals surface area contributed by atoms with Crippen molar-refractivity contribution in [1.29, 1.82) is 0 Å². The van der Waals surface area contributed by atoms with Crippen molar-refractivity contribution in [3.8, 4) is 5.75 Å². The molecule has 30 heavy (non-hydrogen) atoms. The van der Waals surface area contributed by atoms with E-state index >= 15 is 0 Å². The summed E-state index contributed by atoms with van der Waals surface area (Å²) in [4.78, 5) is 30.8. The number of methoxy groups -OCH3 is 1. The summed E-state index contributed by atoms with van der Waals surface area (Å²) in [6.07, 6.45) is 1.13. The number of carbonyl (C=O) groups is 2. The lowest BCUT2D eigenvalue weighted by molar-refractivity contribution is -0.120. The Balaban J connectivity index is 1.86. The van der Waals surface area contributed by atoms with Crippen molar-refractivity contribution in [3.63, 3.8) is 0 Å². The van der Waals surface area contributed by atoms with Gasteiger partial charge in [-0.25, -0.2) is 4.90 Å². The molecule has 0 aromatic heterocycles. The third-order valence-electron chi connectivity index (χ3n) is 5.88. The van der Waals surface area contributed by atoms with Gasteiger partial charge in [0, 0.05) is 13.1 Å². The predicted molar refractivity (Wildman–Crippen MR) is 118 cm³/mol. The van der Waals surface area contributed by atoms with Crippen molar-refractivity contribution in [2.45, 2.75) is 27.2 Å². The summed E-state index contributed by atoms with van der Waals surface area (Å²) in [5.74, 6) is 0.865. The number of hydrogen-bond acceptors (Lipinski definition) is 4. The van der Waals surface area contributed by atoms with Gasteiger partial charge in [0.1, 0.15) is 11.4 Å². The second-order valence-electron chi connectivity index (χ2n) is 8.56. The number of anilines is 1. The van der Waals surface area contributed by atoms with Crippen molar-refractivity contribution in [2.24, 2.45) is 11.8 Å². The quantitative estimate of drug-likeness (QED) is 0.715. The van der Waals surface area contributed by atoms with E-state index < -0.39 is 0 Å². The summed E-state index contributed by atoms with van der Waals surface area (Å²) >= 11 is 0. The summed E-state index contributed by atoms with van der Waals surface area (Å²) in [5.41, 5.74) is 3.21. The minimum absolute atomic E-state index is 0.274. The fourth-order valence-electron chi connectivity index (χ4n) is 4.72. The molecule has 2 atom stereocenters. The Bertz CT molecular complexity index is 1000. The molecule has 2 aliphatic heterocycles. The van der Waals surface area contributed by atoms with Gasteiger partial charge >= 0.3 is 0 Å². The molecule has 1 fully saturated rings. The van der Waals surface area contributed by atoms with Gasteiger partial charge in [-0.15, -0.1) is 0 Å². The van der Waals surface area contributed by atoms with E-state index in [2.05, 4.69) is 18.7 Å². The van der Waals surface area contributed by atoms with Crippen LogP contribution in [-0.2, 0) is 9.59 Å². The number of hydrogen-bond donors (Lipinski definition) is 0. The second-order valence-corrected chi connectivity index (χ2v) is 8.56. The topological polar surface area (TPSA) is 49.9 Å². The van der Waals surface area contributed by atoms with Crippen LogP contribution in [0.2, 0.25) is 0 Å². The van der Waals surface area contributed by atoms with Crippen LogP contribution in [0.25, 0.3) is 5.57 Å². The SMILES string of the molecule is COc1ccc(C)cc1N1C(=O)C(c2ccccc2)=C(N2CC(C)CC(C)C2)C1=O. The number of benzene rings is 2. The van der Waals surface area contributed by atoms with Crippen LogP contribution in [0.4, 0.5) is 5.69 Å². The predicted octanol–water partition coefficient (Wildman–Crippen LogP) is 4.27. The van der Waals surface area contributed by atoms with Crippen LogP contribution >= 0.6 is 0 Å². The number of amides is 2. The van der Waals surface area contributed by atoms with Gasteiger partial charge in [0.25, 0.3) is 11.8 Å². The number of carbonyl (C=O) groups excluding carboxylic acids is 2. The van der Waals surface area contributed by atoms with Crippen LogP contribution in [0.5, 0.6) is 5.75 Å². The highest BCUT2D eigenvalue weighted by atomic mass is 16.5. The number of imide groups is 1. The number of rotatable bonds is 4. The van der Waals surface area contributed by atoms with E-state index in [1.807, 2.05) is 49.4 Å². The van der Waals surface area contributed by atoms with Crippen LogP contribution < -0.4 is 9.64 Å². The first-order chi connectivity index (χ1) is 14.4. The smallest absolute Gasteiger partial charge is 0.282 e. The van der Waals surface area contributed by atoms with E-state index in [1.54, 1.807) is 13.2 Å². The molecular formula is C25H28N2O3. The molecule has 5 heteroatoms. The Kier molecular flexibility index (Phi) is 5.37. The first-order valence-corrected chi connectivity index (χ1v) is 10.5. The summed E-state index contributed by atoms with van der Waals surface area (Å²) in [6.45, 7) is 7.89. The Morgan fingerprint density at radius 2 is 1.60 bits per heavy atom. The molecule has 2 aliphatic rings. The first-order valence-electron chi connectivity index (χ1n) is 10.5. The molecule has 0 aliphatic carbocycles. The van der Waals surface area contributed by atoms with Crippen molar-refractivity contribution < 1.29 is 14.3 Å². The van der Waals surface area contributed by atoms with Crippen molar-refractivity contribution in [2.75, 3.05) is 25.1 Å². The zero-order chi connectivity index (χ0) is 21.4. The average molecular weight is 405 g/mol. The number of likely N-dealkylation sites (tertiary alicyclic amines) is 1. The van der Waals surface area contributed by atoms with Crippen LogP contribution in [-0.4, -0.2) is 36.9 Å². The maximum absolute atomic E-state index is 13.7. The van der Waals surface area contributed by atoms with Gasteiger partial charge in [0.05, 0.1) is 18.4 Å². The molecule has 2 aromatic rings. The van der Waals surface area contributed by atoms with Crippen molar-refractivity contribution >= 4 is 23.1 Å². The van der Waals surface area contributed by atoms with Gasteiger partial charge in [0.15, 0.2) is 0 Å². The largest absolute Gasteiger partial charge is 0.495 e. The van der Waals surface area contributed by atoms with Crippen LogP contribution in [0, 0.1) is 18.8 Å². The van der Waals surface area contributed by atoms with Crippen LogP contribution in [0.3, 0.4) is 0 Å². The summed E-state index contributed by atoms with van der Waals surface area (Å²) in [5, 5.41) is 0. The fraction of sp³-hybridized carbons (Fsp3) is 0.360. The van der Waals surface area contributed by atoms with E-state index in [0.717, 1.165) is 30.6 Å². The number of aryl methyl sites for hydroxylation is 1. The van der Waals surface area contributed by atoms with E-state index in [0.29, 0.717) is 34.5 Å². The molecule has 0 saturated carbocycles. The van der Waals surface area contributed by atoms with Crippen molar-refractivity contribution in [3.05, 3.63) is 65.4 Å². The summed E-state index contributed by atoms with van der Waals surface area (Å²) in [7, 11) is 1.56. The maximum Gasteiger partial charge on any atom is 0.282 e. The van der Waals surface area contributed by atoms with Gasteiger partial charge in [-0.1, -0.05) is 50.2 Å². The van der Waals surface area contributed by atoms with Gasteiger partial charge in [-0.05, 0) is 48.4 Å². The maximum atomic E-state index is 13.7. The Morgan fingerprint density at radius 3 is 2.23 bits per heavy atom. The van der Waals surface area contributed by atoms with Crippen LogP contribution in [0.1, 0.15) is 31.4 Å². The van der Waals surface area contributed by atoms with Crippen LogP contribution in [0.15, 0.2) is 54.2 Å². The lowest BCUT2D eigenvalue weighted by Gasteiger charge is -2.37. The standard InChI is InChI=1S/C25H28N2O3/c1-16-10-11-21(30-4)20(13-16)27-24(28)22(19-8-6-5-7-9-19)23(25(27)29)26-14-17(2)12-18(3)15-26/h5-11,13,17-18H,12,14-15H2,1-4H3. The Hall–Kier alpha value is -3.08. The molecule has 1 saturated heterocycles. The Labute approximate surface area is 177 Å². The van der Waals surface area contributed by atoms with E-state index in [1.165, 1.54) is 4.90 Å². The highest BCUT2D eigenvalue weighted by Gasteiger charge is 2.44. The molecule has 4 rings (SSSR count). The van der Waals surface area contributed by atoms with Gasteiger partial charge < -0.3 is 9.64 Å². The molecule has 2 unspecified atom stereocenters. The first kappa shape index (κ1) is 20.2. The fourth-order valence-corrected chi connectivity index (χ4v) is 4.72. The number of piperidine rings is 1. The lowest BCUT2D eigenvalue weighted by Crippen LogP contribution is -2.42. The molecule has 0 N–H and O–H groups in total. The number of ether oxygens (including phenoxy) is 1. The third kappa shape index (κ3) is 3.49. The molecule has 0 bridgehead atoms. The zero-order valence-electron chi connectivity index (χ0n) is 18.0. The molecule has 5 nitrogen and oxygen atoms in total. The monoisotopic (exact) mass is 404 g/mol. The van der Waals surface area contributed by atoms with Gasteiger partial charge in [0.2, 0.25) is 0 Å². The minimum atomic E-state index is -0.295. The highest BCUT2D eigenvalue weighted by molar-refractivity contribution is 6.45. The third-order valence-corrected chi connectivity index (χ3v) is 5.88. The van der Waals surface area contributed by atoms with Gasteiger partial charge in [-0.2, -0.15) is 0 Å². The lowest BCUT2D eigenvalue weighted by atomic mass is 9.91. The minimum Gasteiger partial charge on any atom is -0.495 e. The molecule has 0 radical (unpaired) electrons. The highest BCUT2D eigenvalue weighted by Crippen LogP contribution is 2.40. The average Bonchev–Trinajstić information content (AvgIpc) is 2.98. The summed E-state index contributed by atoms with van der Waals surface area (Å²) in [6, 6.07) is 15.1. The molecular weight excluding hydrogens is 376 g/mol. The zero-order valence-corrected chi connectivity index (χ0v) is 18.0. The van der Waals surface area contributed by atoms with Gasteiger partial charge in [-0.3, -0.25) is 9.59 Å². The molecule has 2 heterocycles. The van der Waals surface area contributed by atoms with E-state index in [4.69, 9.17) is 4.74 Å². The second kappa shape index (κ2) is 7.98. The normalized spacial score (nSPS) is 22.1. The van der Waals surface area contributed by atoms with Crippen molar-refractivity contribution in [1.82, 2.24) is 4.90 Å². The molecule has 2 amide bonds. The Morgan fingerprint density at radius 1 is 0.933 bits per heavy atom. The van der Waals surface area contributed by atoms with E-state index in [9.17, 15) is 9.59 Å². The molecule has 156 valence electrons. The number of nitrogens with zero attached hydrogens (tertiary/aromatic N) is 2. The van der Waals surface area contributed by atoms with E-state index in [-0.39, 0.29) is 11.8 Å². The molecule has 2 aromatic carbocycles.